The van der Waals surface area contributed by atoms with E-state index in [2.05, 4.69) is 21.2 Å². The first-order valence-electron chi connectivity index (χ1n) is 5.66. The maximum atomic E-state index is 12.0. The van der Waals surface area contributed by atoms with E-state index in [0.29, 0.717) is 16.6 Å². The number of hydrogen-bond donors (Lipinski definition) is 2. The average Bonchev–Trinajstić information content (AvgIpc) is 2.78. The molecule has 0 saturated heterocycles. The summed E-state index contributed by atoms with van der Waals surface area (Å²) in [4.78, 5) is 22.1. The lowest BCUT2D eigenvalue weighted by Gasteiger charge is -2.11. The molecule has 1 aromatic carbocycles. The summed E-state index contributed by atoms with van der Waals surface area (Å²) in [7, 11) is 0. The standard InChI is InChI=1S/C12H12BrN3O3/c13-10-6-9(16(18)19)3-4-11(10)15-12(17)7-1-2-8(14)5-7/h1-4,6-8H,5,14H2,(H,15,17). The number of nitrogens with zero attached hydrogens (tertiary/aromatic N) is 1. The number of nitro benzene ring substituents is 1. The first-order chi connectivity index (χ1) is 8.97. The predicted molar refractivity (Wildman–Crippen MR) is 74.6 cm³/mol. The van der Waals surface area contributed by atoms with Crippen LogP contribution in [0.4, 0.5) is 11.4 Å². The molecular formula is C12H12BrN3O3. The average molecular weight is 326 g/mol. The Morgan fingerprint density at radius 2 is 2.21 bits per heavy atom. The number of nitro groups is 1. The van der Waals surface area contributed by atoms with Gasteiger partial charge in [-0.15, -0.1) is 0 Å². The van der Waals surface area contributed by atoms with Gasteiger partial charge in [0.05, 0.1) is 16.5 Å². The number of anilines is 1. The minimum Gasteiger partial charge on any atom is -0.325 e. The third-order valence-electron chi connectivity index (χ3n) is 2.87. The van der Waals surface area contributed by atoms with Crippen LogP contribution in [-0.2, 0) is 4.79 Å². The van der Waals surface area contributed by atoms with E-state index in [1.165, 1.54) is 18.2 Å². The second-order valence-corrected chi connectivity index (χ2v) is 5.16. The molecule has 19 heavy (non-hydrogen) atoms. The largest absolute Gasteiger partial charge is 0.325 e. The van der Waals surface area contributed by atoms with E-state index in [1.807, 2.05) is 0 Å². The normalized spacial score (nSPS) is 21.4. The molecule has 0 aliphatic heterocycles. The van der Waals surface area contributed by atoms with Crippen LogP contribution in [0.1, 0.15) is 6.42 Å². The molecule has 100 valence electrons. The van der Waals surface area contributed by atoms with Crippen LogP contribution in [0.2, 0.25) is 0 Å². The number of nitrogens with two attached hydrogens (primary N) is 1. The van der Waals surface area contributed by atoms with E-state index < -0.39 is 4.92 Å². The van der Waals surface area contributed by atoms with Gasteiger partial charge in [0.2, 0.25) is 5.91 Å². The quantitative estimate of drug-likeness (QED) is 0.505. The molecule has 0 aromatic heterocycles. The van der Waals surface area contributed by atoms with Gasteiger partial charge in [-0.05, 0) is 28.4 Å². The maximum Gasteiger partial charge on any atom is 0.270 e. The zero-order chi connectivity index (χ0) is 14.0. The van der Waals surface area contributed by atoms with Crippen molar-refractivity contribution in [2.24, 2.45) is 11.7 Å². The van der Waals surface area contributed by atoms with Gasteiger partial charge in [0.25, 0.3) is 5.69 Å². The smallest absolute Gasteiger partial charge is 0.270 e. The van der Waals surface area contributed by atoms with Gasteiger partial charge in [0.15, 0.2) is 0 Å². The van der Waals surface area contributed by atoms with Crippen molar-refractivity contribution in [2.45, 2.75) is 12.5 Å². The van der Waals surface area contributed by atoms with E-state index in [0.717, 1.165) is 0 Å². The number of non-ortho nitro benzene ring substituents is 1. The first-order valence-corrected chi connectivity index (χ1v) is 6.45. The van der Waals surface area contributed by atoms with Crippen molar-refractivity contribution < 1.29 is 9.72 Å². The van der Waals surface area contributed by atoms with Crippen LogP contribution in [0.25, 0.3) is 0 Å². The second kappa shape index (κ2) is 5.50. The van der Waals surface area contributed by atoms with Crippen molar-refractivity contribution >= 4 is 33.2 Å². The Hall–Kier alpha value is -1.73. The third-order valence-corrected chi connectivity index (χ3v) is 3.53. The van der Waals surface area contributed by atoms with Crippen LogP contribution in [0.15, 0.2) is 34.8 Å². The number of carbonyl (C=O) groups excluding carboxylic acids is 1. The molecule has 0 fully saturated rings. The summed E-state index contributed by atoms with van der Waals surface area (Å²) >= 11 is 3.20. The molecule has 2 rings (SSSR count). The summed E-state index contributed by atoms with van der Waals surface area (Å²) in [5.74, 6) is -0.421. The Morgan fingerprint density at radius 3 is 2.74 bits per heavy atom. The fourth-order valence-electron chi connectivity index (χ4n) is 1.87. The zero-order valence-corrected chi connectivity index (χ0v) is 11.5. The molecule has 0 bridgehead atoms. The number of rotatable bonds is 3. The lowest BCUT2D eigenvalue weighted by atomic mass is 10.1. The van der Waals surface area contributed by atoms with Crippen LogP contribution in [0.5, 0.6) is 0 Å². The molecule has 0 spiro atoms. The highest BCUT2D eigenvalue weighted by Crippen LogP contribution is 2.28. The van der Waals surface area contributed by atoms with Crippen molar-refractivity contribution in [3.05, 3.63) is 44.9 Å². The maximum absolute atomic E-state index is 12.0. The number of benzene rings is 1. The van der Waals surface area contributed by atoms with E-state index in [1.54, 1.807) is 12.2 Å². The van der Waals surface area contributed by atoms with Crippen LogP contribution in [0, 0.1) is 16.0 Å². The highest BCUT2D eigenvalue weighted by atomic mass is 79.9. The molecule has 2 unspecified atom stereocenters. The Bertz CT molecular complexity index is 559. The number of halogens is 1. The van der Waals surface area contributed by atoms with E-state index in [4.69, 9.17) is 5.73 Å². The molecule has 1 aromatic rings. The third kappa shape index (κ3) is 3.18. The lowest BCUT2D eigenvalue weighted by molar-refractivity contribution is -0.384. The number of carbonyl (C=O) groups is 1. The molecule has 2 atom stereocenters. The summed E-state index contributed by atoms with van der Waals surface area (Å²) in [5.41, 5.74) is 6.16. The van der Waals surface area contributed by atoms with Gasteiger partial charge in [-0.25, -0.2) is 0 Å². The van der Waals surface area contributed by atoms with Gasteiger partial charge < -0.3 is 11.1 Å². The van der Waals surface area contributed by atoms with Crippen LogP contribution in [0.3, 0.4) is 0 Å². The SMILES string of the molecule is NC1C=CC(C(=O)Nc2ccc([N+](=O)[O-])cc2Br)C1. The molecule has 0 radical (unpaired) electrons. The van der Waals surface area contributed by atoms with Gasteiger partial charge in [-0.1, -0.05) is 12.2 Å². The molecule has 1 aliphatic rings. The van der Waals surface area contributed by atoms with Crippen LogP contribution in [-0.4, -0.2) is 16.9 Å². The fourth-order valence-corrected chi connectivity index (χ4v) is 2.33. The van der Waals surface area contributed by atoms with Crippen molar-refractivity contribution in [1.29, 1.82) is 0 Å². The van der Waals surface area contributed by atoms with E-state index in [9.17, 15) is 14.9 Å². The van der Waals surface area contributed by atoms with Crippen molar-refractivity contribution in [1.82, 2.24) is 0 Å². The van der Waals surface area contributed by atoms with E-state index in [-0.39, 0.29) is 23.6 Å². The predicted octanol–water partition coefficient (Wildman–Crippen LogP) is 2.20. The number of amides is 1. The minimum atomic E-state index is -0.491. The van der Waals surface area contributed by atoms with Gasteiger partial charge >= 0.3 is 0 Å². The first kappa shape index (κ1) is 13.7. The molecular weight excluding hydrogens is 314 g/mol. The highest BCUT2D eigenvalue weighted by Gasteiger charge is 2.23. The summed E-state index contributed by atoms with van der Waals surface area (Å²) in [5, 5.41) is 13.3. The zero-order valence-electron chi connectivity index (χ0n) is 9.88. The van der Waals surface area contributed by atoms with Crippen molar-refractivity contribution in [3.63, 3.8) is 0 Å². The van der Waals surface area contributed by atoms with Gasteiger partial charge in [-0.3, -0.25) is 14.9 Å². The molecule has 0 heterocycles. The number of nitrogens with one attached hydrogen (secondary N) is 1. The van der Waals surface area contributed by atoms with E-state index >= 15 is 0 Å². The molecule has 1 amide bonds. The molecule has 0 saturated carbocycles. The molecule has 7 heteroatoms. The molecule has 1 aliphatic carbocycles. The number of hydrogen-bond acceptors (Lipinski definition) is 4. The Morgan fingerprint density at radius 1 is 1.47 bits per heavy atom. The monoisotopic (exact) mass is 325 g/mol. The second-order valence-electron chi connectivity index (χ2n) is 4.30. The fraction of sp³-hybridized carbons (Fsp3) is 0.250. The summed E-state index contributed by atoms with van der Waals surface area (Å²) < 4.78 is 0.473. The lowest BCUT2D eigenvalue weighted by Crippen LogP contribution is -2.24. The highest BCUT2D eigenvalue weighted by molar-refractivity contribution is 9.10. The summed E-state index contributed by atoms with van der Waals surface area (Å²) in [6.45, 7) is 0. The van der Waals surface area contributed by atoms with Gasteiger partial charge in [0, 0.05) is 22.6 Å². The van der Waals surface area contributed by atoms with Crippen molar-refractivity contribution in [2.75, 3.05) is 5.32 Å². The Balaban J connectivity index is 2.09. The summed E-state index contributed by atoms with van der Waals surface area (Å²) in [6.07, 6.45) is 4.16. The summed E-state index contributed by atoms with van der Waals surface area (Å²) in [6, 6.07) is 4.11. The van der Waals surface area contributed by atoms with Gasteiger partial charge in [0.1, 0.15) is 0 Å². The minimum absolute atomic E-state index is 0.0346. The Labute approximate surface area is 117 Å². The van der Waals surface area contributed by atoms with Gasteiger partial charge in [-0.2, -0.15) is 0 Å². The Kier molecular flexibility index (Phi) is 3.96. The molecule has 6 nitrogen and oxygen atoms in total. The van der Waals surface area contributed by atoms with Crippen LogP contribution < -0.4 is 11.1 Å². The molecule has 3 N–H and O–H groups in total. The topological polar surface area (TPSA) is 98.3 Å². The van der Waals surface area contributed by atoms with Crippen molar-refractivity contribution in [3.8, 4) is 0 Å². The van der Waals surface area contributed by atoms with Crippen LogP contribution >= 0.6 is 15.9 Å².